The Morgan fingerprint density at radius 1 is 1.27 bits per heavy atom. The smallest absolute Gasteiger partial charge is 0.0424 e. The van der Waals surface area contributed by atoms with E-state index in [-0.39, 0.29) is 0 Å². The van der Waals surface area contributed by atoms with E-state index in [1.54, 1.807) is 0 Å². The number of rotatable bonds is 1. The maximum atomic E-state index is 4.20. The second-order valence-corrected chi connectivity index (χ2v) is 3.01. The molecule has 0 bridgehead atoms. The molecule has 0 fully saturated rings. The van der Waals surface area contributed by atoms with Crippen LogP contribution in [-0.2, 0) is 0 Å². The Morgan fingerprint density at radius 2 is 1.91 bits per heavy atom. The molecule has 0 aliphatic carbocycles. The second kappa shape index (κ2) is 2.91. The van der Waals surface area contributed by atoms with E-state index in [2.05, 4.69) is 22.9 Å². The van der Waals surface area contributed by atoms with Crippen molar-refractivity contribution < 1.29 is 0 Å². The third-order valence-electron chi connectivity index (χ3n) is 1.69. The average Bonchev–Trinajstić information content (AvgIpc) is 1.94. The van der Waals surface area contributed by atoms with Crippen LogP contribution in [0.25, 0.3) is 0 Å². The van der Waals surface area contributed by atoms with E-state index in [4.69, 9.17) is 0 Å². The van der Waals surface area contributed by atoms with Gasteiger partial charge in [0.1, 0.15) is 0 Å². The lowest BCUT2D eigenvalue weighted by Crippen LogP contribution is -2.10. The van der Waals surface area contributed by atoms with Gasteiger partial charge in [-0.1, -0.05) is 0 Å². The monoisotopic (exact) mass is 150 g/mol. The summed E-state index contributed by atoms with van der Waals surface area (Å²) in [6, 6.07) is 2.09. The molecule has 1 aromatic rings. The third-order valence-corrected chi connectivity index (χ3v) is 1.69. The van der Waals surface area contributed by atoms with Crippen molar-refractivity contribution in [2.24, 2.45) is 0 Å². The summed E-state index contributed by atoms with van der Waals surface area (Å²) in [6.07, 6.45) is 1.91. The van der Waals surface area contributed by atoms with Crippen LogP contribution in [0.3, 0.4) is 0 Å². The molecule has 0 saturated carbocycles. The Labute approximate surface area is 67.9 Å². The SMILES string of the molecule is Cc1cc(N(C)C)c(C)cn1. The topological polar surface area (TPSA) is 16.1 Å². The number of anilines is 1. The van der Waals surface area contributed by atoms with Crippen LogP contribution in [0.15, 0.2) is 12.3 Å². The van der Waals surface area contributed by atoms with Gasteiger partial charge in [0, 0.05) is 31.7 Å². The fourth-order valence-electron chi connectivity index (χ4n) is 1.10. The van der Waals surface area contributed by atoms with E-state index in [1.807, 2.05) is 27.2 Å². The number of hydrogen-bond donors (Lipinski definition) is 0. The predicted molar refractivity (Wildman–Crippen MR) is 48.0 cm³/mol. The van der Waals surface area contributed by atoms with E-state index < -0.39 is 0 Å². The number of pyridine rings is 1. The van der Waals surface area contributed by atoms with Crippen LogP contribution in [0.4, 0.5) is 5.69 Å². The molecule has 60 valence electrons. The summed E-state index contributed by atoms with van der Waals surface area (Å²) in [5.41, 5.74) is 3.54. The molecule has 0 aliphatic rings. The van der Waals surface area contributed by atoms with Crippen LogP contribution < -0.4 is 4.90 Å². The van der Waals surface area contributed by atoms with E-state index in [1.165, 1.54) is 11.3 Å². The summed E-state index contributed by atoms with van der Waals surface area (Å²) in [5, 5.41) is 0. The van der Waals surface area contributed by atoms with Gasteiger partial charge in [0.2, 0.25) is 0 Å². The molecule has 0 N–H and O–H groups in total. The molecule has 0 spiro atoms. The molecule has 2 heteroatoms. The van der Waals surface area contributed by atoms with Crippen molar-refractivity contribution in [1.29, 1.82) is 0 Å². The fourth-order valence-corrected chi connectivity index (χ4v) is 1.10. The first-order valence-corrected chi connectivity index (χ1v) is 3.72. The van der Waals surface area contributed by atoms with Crippen molar-refractivity contribution in [3.05, 3.63) is 23.5 Å². The quantitative estimate of drug-likeness (QED) is 0.606. The van der Waals surface area contributed by atoms with Gasteiger partial charge < -0.3 is 4.90 Å². The van der Waals surface area contributed by atoms with Gasteiger partial charge in [-0.15, -0.1) is 0 Å². The highest BCUT2D eigenvalue weighted by atomic mass is 15.1. The van der Waals surface area contributed by atoms with E-state index in [0.29, 0.717) is 0 Å². The Kier molecular flexibility index (Phi) is 2.13. The van der Waals surface area contributed by atoms with Crippen molar-refractivity contribution in [2.75, 3.05) is 19.0 Å². The minimum atomic E-state index is 1.07. The molecule has 2 nitrogen and oxygen atoms in total. The number of hydrogen-bond acceptors (Lipinski definition) is 2. The van der Waals surface area contributed by atoms with Gasteiger partial charge in [0.25, 0.3) is 0 Å². The molecule has 1 aromatic heterocycles. The maximum absolute atomic E-state index is 4.20. The van der Waals surface area contributed by atoms with Crippen molar-refractivity contribution in [3.63, 3.8) is 0 Å². The summed E-state index contributed by atoms with van der Waals surface area (Å²) in [7, 11) is 4.09. The van der Waals surface area contributed by atoms with E-state index in [0.717, 1.165) is 5.69 Å². The zero-order chi connectivity index (χ0) is 8.43. The summed E-state index contributed by atoms with van der Waals surface area (Å²) >= 11 is 0. The van der Waals surface area contributed by atoms with Crippen molar-refractivity contribution in [1.82, 2.24) is 4.98 Å². The van der Waals surface area contributed by atoms with Gasteiger partial charge in [-0.05, 0) is 25.5 Å². The van der Waals surface area contributed by atoms with Crippen molar-refractivity contribution in [2.45, 2.75) is 13.8 Å². The number of nitrogens with zero attached hydrogens (tertiary/aromatic N) is 2. The van der Waals surface area contributed by atoms with E-state index >= 15 is 0 Å². The molecule has 11 heavy (non-hydrogen) atoms. The molecular weight excluding hydrogens is 136 g/mol. The van der Waals surface area contributed by atoms with Gasteiger partial charge in [-0.3, -0.25) is 4.98 Å². The lowest BCUT2D eigenvalue weighted by atomic mass is 10.2. The Hall–Kier alpha value is -1.05. The van der Waals surface area contributed by atoms with Crippen LogP contribution in [0.1, 0.15) is 11.3 Å². The highest BCUT2D eigenvalue weighted by Gasteiger charge is 1.99. The molecule has 0 radical (unpaired) electrons. The number of aryl methyl sites for hydroxylation is 2. The van der Waals surface area contributed by atoms with Gasteiger partial charge in [-0.25, -0.2) is 0 Å². The molecular formula is C9H14N2. The molecule has 0 saturated heterocycles. The zero-order valence-corrected chi connectivity index (χ0v) is 7.55. The maximum Gasteiger partial charge on any atom is 0.0424 e. The van der Waals surface area contributed by atoms with Crippen LogP contribution >= 0.6 is 0 Å². The highest BCUT2D eigenvalue weighted by molar-refractivity contribution is 5.51. The molecule has 1 heterocycles. The molecule has 0 unspecified atom stereocenters. The van der Waals surface area contributed by atoms with Crippen molar-refractivity contribution in [3.8, 4) is 0 Å². The van der Waals surface area contributed by atoms with Crippen molar-refractivity contribution >= 4 is 5.69 Å². The lowest BCUT2D eigenvalue weighted by Gasteiger charge is -2.15. The first-order chi connectivity index (χ1) is 5.11. The largest absolute Gasteiger partial charge is 0.377 e. The predicted octanol–water partition coefficient (Wildman–Crippen LogP) is 1.76. The van der Waals surface area contributed by atoms with Crippen LogP contribution in [-0.4, -0.2) is 19.1 Å². The Morgan fingerprint density at radius 3 is 2.36 bits per heavy atom. The van der Waals surface area contributed by atoms with E-state index in [9.17, 15) is 0 Å². The Balaban J connectivity index is 3.13. The molecule has 0 amide bonds. The number of aromatic nitrogens is 1. The highest BCUT2D eigenvalue weighted by Crippen LogP contribution is 2.16. The minimum absolute atomic E-state index is 1.07. The summed E-state index contributed by atoms with van der Waals surface area (Å²) in [5.74, 6) is 0. The standard InChI is InChI=1S/C9H14N2/c1-7-6-10-8(2)5-9(7)11(3)4/h5-6H,1-4H3. The van der Waals surface area contributed by atoms with Gasteiger partial charge in [0.15, 0.2) is 0 Å². The summed E-state index contributed by atoms with van der Waals surface area (Å²) in [4.78, 5) is 6.30. The first kappa shape index (κ1) is 8.05. The van der Waals surface area contributed by atoms with Crippen LogP contribution in [0, 0.1) is 13.8 Å². The van der Waals surface area contributed by atoms with Gasteiger partial charge >= 0.3 is 0 Å². The van der Waals surface area contributed by atoms with Crippen LogP contribution in [0.5, 0.6) is 0 Å². The average molecular weight is 150 g/mol. The first-order valence-electron chi connectivity index (χ1n) is 3.72. The third kappa shape index (κ3) is 1.70. The minimum Gasteiger partial charge on any atom is -0.377 e. The molecule has 0 atom stereocenters. The fraction of sp³-hybridized carbons (Fsp3) is 0.444. The summed E-state index contributed by atoms with van der Waals surface area (Å²) < 4.78 is 0. The van der Waals surface area contributed by atoms with Gasteiger partial charge in [0.05, 0.1) is 0 Å². The Bertz CT molecular complexity index is 254. The zero-order valence-electron chi connectivity index (χ0n) is 7.55. The molecule has 1 rings (SSSR count). The van der Waals surface area contributed by atoms with Gasteiger partial charge in [-0.2, -0.15) is 0 Å². The van der Waals surface area contributed by atoms with Crippen LogP contribution in [0.2, 0.25) is 0 Å². The lowest BCUT2D eigenvalue weighted by molar-refractivity contribution is 1.07. The molecule has 0 aliphatic heterocycles. The molecule has 0 aromatic carbocycles. The normalized spacial score (nSPS) is 9.82. The second-order valence-electron chi connectivity index (χ2n) is 3.01. The summed E-state index contributed by atoms with van der Waals surface area (Å²) in [6.45, 7) is 4.08.